The highest BCUT2D eigenvalue weighted by molar-refractivity contribution is 6.05. The summed E-state index contributed by atoms with van der Waals surface area (Å²) in [6, 6.07) is 11.1. The summed E-state index contributed by atoms with van der Waals surface area (Å²) in [7, 11) is 0. The third kappa shape index (κ3) is 3.41. The minimum absolute atomic E-state index is 0.297. The average Bonchev–Trinajstić information content (AvgIpc) is 3.13. The number of hydrogen-bond donors (Lipinski definition) is 3. The Balaban J connectivity index is 1.41. The van der Waals surface area contributed by atoms with Gasteiger partial charge in [0, 0.05) is 30.2 Å². The van der Waals surface area contributed by atoms with Crippen molar-refractivity contribution in [3.05, 3.63) is 48.8 Å². The fourth-order valence-corrected chi connectivity index (χ4v) is 2.92. The van der Waals surface area contributed by atoms with Crippen LogP contribution in [0.5, 0.6) is 0 Å². The number of aromatic nitrogens is 2. The lowest BCUT2D eigenvalue weighted by atomic mass is 10.2. The van der Waals surface area contributed by atoms with Crippen LogP contribution in [0.3, 0.4) is 0 Å². The zero-order valence-corrected chi connectivity index (χ0v) is 13.7. The lowest BCUT2D eigenvalue weighted by molar-refractivity contribution is 0.122. The number of carbonyl (C=O) groups excluding carboxylic acids is 1. The third-order valence-corrected chi connectivity index (χ3v) is 4.18. The quantitative estimate of drug-likeness (QED) is 0.686. The number of carbonyl (C=O) groups is 1. The Bertz CT molecular complexity index is 869. The molecule has 0 saturated carbocycles. The summed E-state index contributed by atoms with van der Waals surface area (Å²) in [5.74, 6) is 0.895. The summed E-state index contributed by atoms with van der Waals surface area (Å²) in [5, 5.41) is 6.65. The summed E-state index contributed by atoms with van der Waals surface area (Å²) in [6.45, 7) is 3.10. The number of ether oxygens (including phenoxy) is 1. The second kappa shape index (κ2) is 6.82. The second-order valence-corrected chi connectivity index (χ2v) is 5.83. The summed E-state index contributed by atoms with van der Waals surface area (Å²) in [6.07, 6.45) is 3.52. The number of urea groups is 1. The molecule has 128 valence electrons. The number of amides is 2. The normalized spacial score (nSPS) is 14.5. The molecule has 0 aliphatic carbocycles. The molecule has 1 aliphatic rings. The van der Waals surface area contributed by atoms with Gasteiger partial charge in [0.05, 0.1) is 30.8 Å². The predicted molar refractivity (Wildman–Crippen MR) is 98.2 cm³/mol. The molecule has 2 amide bonds. The average molecular weight is 337 g/mol. The number of anilines is 3. The number of rotatable bonds is 3. The highest BCUT2D eigenvalue weighted by Gasteiger charge is 2.12. The Morgan fingerprint density at radius 2 is 2.00 bits per heavy atom. The molecule has 0 radical (unpaired) electrons. The molecule has 4 rings (SSSR count). The molecule has 0 bridgehead atoms. The van der Waals surface area contributed by atoms with E-state index in [0.29, 0.717) is 5.69 Å². The predicted octanol–water partition coefficient (Wildman–Crippen LogP) is 3.04. The molecule has 1 saturated heterocycles. The largest absolute Gasteiger partial charge is 0.378 e. The van der Waals surface area contributed by atoms with Gasteiger partial charge in [-0.15, -0.1) is 0 Å². The number of nitrogens with zero attached hydrogens (tertiary/aromatic N) is 2. The lowest BCUT2D eigenvalue weighted by Gasteiger charge is -2.27. The van der Waals surface area contributed by atoms with E-state index >= 15 is 0 Å². The van der Waals surface area contributed by atoms with E-state index < -0.39 is 0 Å². The maximum atomic E-state index is 12.2. The summed E-state index contributed by atoms with van der Waals surface area (Å²) >= 11 is 0. The van der Waals surface area contributed by atoms with E-state index in [9.17, 15) is 4.79 Å². The molecule has 7 nitrogen and oxygen atoms in total. The third-order valence-electron chi connectivity index (χ3n) is 4.18. The highest BCUT2D eigenvalue weighted by atomic mass is 16.5. The van der Waals surface area contributed by atoms with Gasteiger partial charge in [0.15, 0.2) is 0 Å². The molecule has 0 atom stereocenters. The lowest BCUT2D eigenvalue weighted by Crippen LogP contribution is -2.36. The van der Waals surface area contributed by atoms with Gasteiger partial charge < -0.3 is 25.3 Å². The Hall–Kier alpha value is -3.06. The van der Waals surface area contributed by atoms with Crippen molar-refractivity contribution in [2.45, 2.75) is 0 Å². The monoisotopic (exact) mass is 337 g/mol. The molecular formula is C18H19N5O2. The number of morpholine rings is 1. The van der Waals surface area contributed by atoms with Crippen LogP contribution in [-0.4, -0.2) is 42.3 Å². The molecule has 3 heterocycles. The zero-order valence-electron chi connectivity index (χ0n) is 13.7. The van der Waals surface area contributed by atoms with Gasteiger partial charge in [-0.1, -0.05) is 6.07 Å². The first-order valence-electron chi connectivity index (χ1n) is 8.22. The Morgan fingerprint density at radius 3 is 2.80 bits per heavy atom. The molecule has 1 fully saturated rings. The molecule has 1 aliphatic heterocycles. The van der Waals surface area contributed by atoms with Crippen molar-refractivity contribution in [1.82, 2.24) is 9.97 Å². The van der Waals surface area contributed by atoms with Crippen LogP contribution in [0.15, 0.2) is 48.8 Å². The van der Waals surface area contributed by atoms with E-state index in [2.05, 4.69) is 25.5 Å². The maximum Gasteiger partial charge on any atom is 0.323 e. The molecule has 3 aromatic rings. The van der Waals surface area contributed by atoms with Gasteiger partial charge in [-0.05, 0) is 30.3 Å². The van der Waals surface area contributed by atoms with Crippen molar-refractivity contribution in [1.29, 1.82) is 0 Å². The first-order valence-corrected chi connectivity index (χ1v) is 8.22. The van der Waals surface area contributed by atoms with Crippen LogP contribution < -0.4 is 15.5 Å². The molecule has 1 aromatic carbocycles. The van der Waals surface area contributed by atoms with E-state index in [-0.39, 0.29) is 6.03 Å². The van der Waals surface area contributed by atoms with E-state index in [1.807, 2.05) is 42.6 Å². The number of benzene rings is 1. The zero-order chi connectivity index (χ0) is 17.1. The van der Waals surface area contributed by atoms with Gasteiger partial charge in [0.1, 0.15) is 5.82 Å². The van der Waals surface area contributed by atoms with Gasteiger partial charge in [0.25, 0.3) is 0 Å². The first-order chi connectivity index (χ1) is 12.3. The summed E-state index contributed by atoms with van der Waals surface area (Å²) in [5.41, 5.74) is 2.39. The number of H-pyrrole nitrogens is 1. The smallest absolute Gasteiger partial charge is 0.323 e. The van der Waals surface area contributed by atoms with Crippen LogP contribution >= 0.6 is 0 Å². The Kier molecular flexibility index (Phi) is 4.22. The van der Waals surface area contributed by atoms with Gasteiger partial charge in [-0.3, -0.25) is 0 Å². The van der Waals surface area contributed by atoms with E-state index in [4.69, 9.17) is 4.74 Å². The van der Waals surface area contributed by atoms with Crippen molar-refractivity contribution < 1.29 is 9.53 Å². The van der Waals surface area contributed by atoms with Crippen molar-refractivity contribution in [2.24, 2.45) is 0 Å². The number of fused-ring (bicyclic) bond motifs is 1. The van der Waals surface area contributed by atoms with Crippen LogP contribution in [0.25, 0.3) is 10.9 Å². The van der Waals surface area contributed by atoms with E-state index in [1.165, 1.54) is 0 Å². The van der Waals surface area contributed by atoms with Crippen molar-refractivity contribution in [2.75, 3.05) is 41.8 Å². The first kappa shape index (κ1) is 15.5. The number of hydrogen-bond acceptors (Lipinski definition) is 4. The van der Waals surface area contributed by atoms with Gasteiger partial charge in [-0.2, -0.15) is 0 Å². The highest BCUT2D eigenvalue weighted by Crippen LogP contribution is 2.22. The van der Waals surface area contributed by atoms with Gasteiger partial charge in [0.2, 0.25) is 0 Å². The Morgan fingerprint density at radius 1 is 1.12 bits per heavy atom. The molecule has 2 aromatic heterocycles. The van der Waals surface area contributed by atoms with Crippen molar-refractivity contribution >= 4 is 34.1 Å². The minimum atomic E-state index is -0.297. The van der Waals surface area contributed by atoms with Crippen molar-refractivity contribution in [3.8, 4) is 0 Å². The fraction of sp³-hybridized carbons (Fsp3) is 0.222. The molecule has 0 unspecified atom stereocenters. The fourth-order valence-electron chi connectivity index (χ4n) is 2.92. The summed E-state index contributed by atoms with van der Waals surface area (Å²) in [4.78, 5) is 22.0. The van der Waals surface area contributed by atoms with Crippen LogP contribution in [-0.2, 0) is 4.74 Å². The molecule has 3 N–H and O–H groups in total. The topological polar surface area (TPSA) is 82.3 Å². The van der Waals surface area contributed by atoms with Crippen molar-refractivity contribution in [3.63, 3.8) is 0 Å². The standard InChI is InChI=1S/C18H19N5O2/c24-18(22-16-3-1-2-15-14(16)6-7-19-15)21-13-4-5-17(20-12-13)23-8-10-25-11-9-23/h1-7,12,19H,8-11H2,(H2,21,22,24). The SMILES string of the molecule is O=C(Nc1ccc(N2CCOCC2)nc1)Nc1cccc2[nH]ccc12. The van der Waals surface area contributed by atoms with E-state index in [0.717, 1.165) is 48.7 Å². The van der Waals surface area contributed by atoms with E-state index in [1.54, 1.807) is 6.20 Å². The maximum absolute atomic E-state index is 12.2. The van der Waals surface area contributed by atoms with Crippen LogP contribution in [0.2, 0.25) is 0 Å². The van der Waals surface area contributed by atoms with Crippen LogP contribution in [0.4, 0.5) is 22.0 Å². The molecule has 0 spiro atoms. The number of aromatic amines is 1. The molecule has 7 heteroatoms. The van der Waals surface area contributed by atoms with Crippen LogP contribution in [0, 0.1) is 0 Å². The van der Waals surface area contributed by atoms with Gasteiger partial charge in [-0.25, -0.2) is 9.78 Å². The minimum Gasteiger partial charge on any atom is -0.378 e. The second-order valence-electron chi connectivity index (χ2n) is 5.83. The summed E-state index contributed by atoms with van der Waals surface area (Å²) < 4.78 is 5.34. The van der Waals surface area contributed by atoms with Gasteiger partial charge >= 0.3 is 6.03 Å². The number of pyridine rings is 1. The Labute approximate surface area is 145 Å². The number of nitrogens with one attached hydrogen (secondary N) is 3. The van der Waals surface area contributed by atoms with Crippen LogP contribution in [0.1, 0.15) is 0 Å². The molecule has 25 heavy (non-hydrogen) atoms. The molecular weight excluding hydrogens is 318 g/mol.